The van der Waals surface area contributed by atoms with Crippen molar-refractivity contribution < 1.29 is 9.59 Å². The predicted octanol–water partition coefficient (Wildman–Crippen LogP) is 3.70. The Morgan fingerprint density at radius 2 is 1.94 bits per heavy atom. The number of carbonyl (C=O) groups is 2. The standard InChI is InChI=1S/C20H21ClN6O2S2/c21-15-7-1-2-8-16(15)27-19(26-9-3-4-10-26)24-25-20(27)31-13-17(28)23-18(29)22-12-14-6-5-11-30-14/h1-2,5-8,11H,3-4,9-10,12-13H2,(H2,22,23,28,29). The SMILES string of the molecule is O=C(CSc1nnc(N2CCCC2)n1-c1ccccc1Cl)NC(=O)NCc1cccs1. The molecule has 1 aromatic carbocycles. The first-order valence-electron chi connectivity index (χ1n) is 9.80. The van der Waals surface area contributed by atoms with Crippen LogP contribution in [-0.2, 0) is 11.3 Å². The third-order valence-corrected chi connectivity index (χ3v) is 6.81. The Morgan fingerprint density at radius 1 is 1.13 bits per heavy atom. The summed E-state index contributed by atoms with van der Waals surface area (Å²) in [5, 5.41) is 16.7. The molecule has 1 saturated heterocycles. The van der Waals surface area contributed by atoms with Gasteiger partial charge in [0.05, 0.1) is 23.0 Å². The van der Waals surface area contributed by atoms with E-state index in [1.807, 2.05) is 46.3 Å². The van der Waals surface area contributed by atoms with Gasteiger partial charge in [-0.3, -0.25) is 14.7 Å². The molecule has 8 nitrogen and oxygen atoms in total. The maximum atomic E-state index is 12.3. The van der Waals surface area contributed by atoms with Crippen LogP contribution in [-0.4, -0.2) is 45.5 Å². The normalized spacial score (nSPS) is 13.4. The Balaban J connectivity index is 1.42. The zero-order valence-electron chi connectivity index (χ0n) is 16.6. The minimum Gasteiger partial charge on any atom is -0.341 e. The number of hydrogen-bond acceptors (Lipinski definition) is 7. The Labute approximate surface area is 193 Å². The quantitative estimate of drug-likeness (QED) is 0.505. The maximum absolute atomic E-state index is 12.3. The molecule has 0 spiro atoms. The van der Waals surface area contributed by atoms with E-state index < -0.39 is 11.9 Å². The van der Waals surface area contributed by atoms with Gasteiger partial charge in [-0.05, 0) is 36.4 Å². The lowest BCUT2D eigenvalue weighted by atomic mass is 10.3. The molecule has 0 bridgehead atoms. The van der Waals surface area contributed by atoms with E-state index in [0.29, 0.717) is 22.7 Å². The molecule has 2 aromatic heterocycles. The number of hydrogen-bond donors (Lipinski definition) is 2. The number of urea groups is 1. The number of thiophene rings is 1. The summed E-state index contributed by atoms with van der Waals surface area (Å²) in [6.07, 6.45) is 2.20. The summed E-state index contributed by atoms with van der Waals surface area (Å²) < 4.78 is 1.88. The lowest BCUT2D eigenvalue weighted by Gasteiger charge is -2.19. The minimum atomic E-state index is -0.524. The van der Waals surface area contributed by atoms with E-state index in [-0.39, 0.29) is 5.75 Å². The fraction of sp³-hybridized carbons (Fsp3) is 0.300. The smallest absolute Gasteiger partial charge is 0.321 e. The number of anilines is 1. The summed E-state index contributed by atoms with van der Waals surface area (Å²) in [5.74, 6) is 0.321. The van der Waals surface area contributed by atoms with Crippen LogP contribution >= 0.6 is 34.7 Å². The highest BCUT2D eigenvalue weighted by atomic mass is 35.5. The van der Waals surface area contributed by atoms with Crippen LogP contribution in [0.4, 0.5) is 10.7 Å². The highest BCUT2D eigenvalue weighted by Gasteiger charge is 2.24. The highest BCUT2D eigenvalue weighted by molar-refractivity contribution is 7.99. The van der Waals surface area contributed by atoms with Gasteiger partial charge in [0.1, 0.15) is 0 Å². The molecular weight excluding hydrogens is 456 g/mol. The number of imide groups is 1. The van der Waals surface area contributed by atoms with Gasteiger partial charge in [-0.15, -0.1) is 21.5 Å². The average molecular weight is 477 g/mol. The summed E-state index contributed by atoms with van der Waals surface area (Å²) >= 11 is 9.19. The molecule has 4 rings (SSSR count). The number of rotatable bonds is 7. The van der Waals surface area contributed by atoms with Crippen molar-refractivity contribution in [1.82, 2.24) is 25.4 Å². The van der Waals surface area contributed by atoms with Crippen LogP contribution in [0.5, 0.6) is 0 Å². The summed E-state index contributed by atoms with van der Waals surface area (Å²) in [4.78, 5) is 27.4. The number of halogens is 1. The zero-order valence-corrected chi connectivity index (χ0v) is 19.0. The number of nitrogens with one attached hydrogen (secondary N) is 2. The molecule has 0 aliphatic carbocycles. The molecule has 0 saturated carbocycles. The molecule has 11 heteroatoms. The van der Waals surface area contributed by atoms with Crippen LogP contribution in [0.3, 0.4) is 0 Å². The first-order valence-corrected chi connectivity index (χ1v) is 12.0. The number of aromatic nitrogens is 3. The molecule has 3 heterocycles. The highest BCUT2D eigenvalue weighted by Crippen LogP contribution is 2.31. The van der Waals surface area contributed by atoms with E-state index in [0.717, 1.165) is 36.5 Å². The van der Waals surface area contributed by atoms with Gasteiger partial charge in [0.25, 0.3) is 0 Å². The minimum absolute atomic E-state index is 0.0228. The first-order chi connectivity index (χ1) is 15.1. The fourth-order valence-electron chi connectivity index (χ4n) is 3.24. The molecule has 1 aliphatic rings. The molecule has 1 aliphatic heterocycles. The number of thioether (sulfide) groups is 1. The topological polar surface area (TPSA) is 92.2 Å². The molecule has 0 unspecified atom stereocenters. The van der Waals surface area contributed by atoms with Crippen LogP contribution in [0, 0.1) is 0 Å². The van der Waals surface area contributed by atoms with Gasteiger partial charge in [-0.1, -0.05) is 41.6 Å². The predicted molar refractivity (Wildman–Crippen MR) is 123 cm³/mol. The van der Waals surface area contributed by atoms with Crippen molar-refractivity contribution in [3.8, 4) is 5.69 Å². The van der Waals surface area contributed by atoms with Crippen molar-refractivity contribution in [1.29, 1.82) is 0 Å². The van der Waals surface area contributed by atoms with Crippen LogP contribution in [0.2, 0.25) is 5.02 Å². The van der Waals surface area contributed by atoms with Crippen molar-refractivity contribution in [2.24, 2.45) is 0 Å². The fourth-order valence-corrected chi connectivity index (χ4v) is 4.84. The lowest BCUT2D eigenvalue weighted by Crippen LogP contribution is -2.39. The number of carbonyl (C=O) groups excluding carboxylic acids is 2. The van der Waals surface area contributed by atoms with E-state index in [2.05, 4.69) is 25.7 Å². The Kier molecular flexibility index (Phi) is 7.10. The summed E-state index contributed by atoms with van der Waals surface area (Å²) in [6.45, 7) is 2.18. The van der Waals surface area contributed by atoms with Gasteiger partial charge in [-0.25, -0.2) is 4.79 Å². The van der Waals surface area contributed by atoms with Gasteiger partial charge < -0.3 is 10.2 Å². The van der Waals surface area contributed by atoms with Crippen LogP contribution in [0.25, 0.3) is 5.69 Å². The van der Waals surface area contributed by atoms with E-state index in [4.69, 9.17) is 11.6 Å². The van der Waals surface area contributed by atoms with Crippen LogP contribution in [0.1, 0.15) is 17.7 Å². The van der Waals surface area contributed by atoms with Gasteiger partial charge in [0, 0.05) is 18.0 Å². The molecule has 2 N–H and O–H groups in total. The molecule has 162 valence electrons. The summed E-state index contributed by atoms with van der Waals surface area (Å²) in [5.41, 5.74) is 0.757. The van der Waals surface area contributed by atoms with Crippen molar-refractivity contribution in [3.05, 3.63) is 51.7 Å². The number of amides is 3. The van der Waals surface area contributed by atoms with Crippen molar-refractivity contribution in [2.45, 2.75) is 24.5 Å². The summed E-state index contributed by atoms with van der Waals surface area (Å²) in [6, 6.07) is 10.8. The van der Waals surface area contributed by atoms with E-state index in [1.165, 1.54) is 11.8 Å². The van der Waals surface area contributed by atoms with E-state index in [9.17, 15) is 9.59 Å². The molecule has 3 aromatic rings. The van der Waals surface area contributed by atoms with Gasteiger partial charge >= 0.3 is 6.03 Å². The Hall–Kier alpha value is -2.56. The van der Waals surface area contributed by atoms with Gasteiger partial charge in [0.2, 0.25) is 11.9 Å². The zero-order chi connectivity index (χ0) is 21.6. The third-order valence-electron chi connectivity index (χ3n) is 4.69. The van der Waals surface area contributed by atoms with Crippen LogP contribution in [0.15, 0.2) is 46.9 Å². The second-order valence-corrected chi connectivity index (χ2v) is 9.24. The molecule has 3 amide bonds. The Bertz CT molecular complexity index is 1050. The number of nitrogens with zero attached hydrogens (tertiary/aromatic N) is 4. The lowest BCUT2D eigenvalue weighted by molar-refractivity contribution is -0.117. The van der Waals surface area contributed by atoms with Gasteiger partial charge in [0.15, 0.2) is 5.16 Å². The second-order valence-electron chi connectivity index (χ2n) is 6.86. The van der Waals surface area contributed by atoms with Gasteiger partial charge in [-0.2, -0.15) is 0 Å². The molecule has 0 atom stereocenters. The van der Waals surface area contributed by atoms with Crippen molar-refractivity contribution in [2.75, 3.05) is 23.7 Å². The average Bonchev–Trinajstić information content (AvgIpc) is 3.53. The van der Waals surface area contributed by atoms with Crippen molar-refractivity contribution in [3.63, 3.8) is 0 Å². The number of para-hydroxylation sites is 1. The number of benzene rings is 1. The van der Waals surface area contributed by atoms with E-state index >= 15 is 0 Å². The van der Waals surface area contributed by atoms with Crippen molar-refractivity contribution >= 4 is 52.6 Å². The largest absolute Gasteiger partial charge is 0.341 e. The maximum Gasteiger partial charge on any atom is 0.321 e. The third kappa shape index (κ3) is 5.38. The summed E-state index contributed by atoms with van der Waals surface area (Å²) in [7, 11) is 0. The Morgan fingerprint density at radius 3 is 2.68 bits per heavy atom. The van der Waals surface area contributed by atoms with Crippen LogP contribution < -0.4 is 15.5 Å². The molecule has 0 radical (unpaired) electrons. The van der Waals surface area contributed by atoms with E-state index in [1.54, 1.807) is 11.3 Å². The first kappa shape index (κ1) is 21.7. The molecule has 31 heavy (non-hydrogen) atoms. The molecule has 1 fully saturated rings. The monoisotopic (exact) mass is 476 g/mol. The molecular formula is C20H21ClN6O2S2. The second kappa shape index (κ2) is 10.2.